The van der Waals surface area contributed by atoms with E-state index in [4.69, 9.17) is 37.0 Å². The molecule has 17 nitrogen and oxygen atoms in total. The molecule has 0 aliphatic heterocycles. The summed E-state index contributed by atoms with van der Waals surface area (Å²) >= 11 is 0. The van der Waals surface area contributed by atoms with Crippen LogP contribution < -0.4 is 0 Å². The van der Waals surface area contributed by atoms with Crippen molar-refractivity contribution in [2.45, 2.75) is 401 Å². The first-order valence-corrected chi connectivity index (χ1v) is 41.9. The summed E-state index contributed by atoms with van der Waals surface area (Å²) in [6.07, 6.45) is 51.3. The molecule has 3 unspecified atom stereocenters. The quantitative estimate of drug-likeness (QED) is 0.0222. The zero-order valence-corrected chi connectivity index (χ0v) is 63.2. The Kier molecular flexibility index (Phi) is 64.3. The van der Waals surface area contributed by atoms with Crippen LogP contribution in [0.2, 0.25) is 0 Å². The zero-order chi connectivity index (χ0) is 69.4. The predicted molar refractivity (Wildman–Crippen MR) is 381 cm³/mol. The zero-order valence-electron chi connectivity index (χ0n) is 61.4. The third-order valence-corrected chi connectivity index (χ3v) is 19.6. The molecule has 0 spiro atoms. The van der Waals surface area contributed by atoms with Crippen molar-refractivity contribution in [2.24, 2.45) is 17.8 Å². The Hall–Kier alpha value is -1.94. The lowest BCUT2D eigenvalue weighted by Gasteiger charge is -2.21. The maximum absolute atomic E-state index is 13.1. The number of esters is 4. The highest BCUT2D eigenvalue weighted by atomic mass is 31.2. The monoisotopic (exact) mass is 1380 g/mol. The van der Waals surface area contributed by atoms with Gasteiger partial charge in [0.15, 0.2) is 12.2 Å². The Morgan fingerprint density at radius 1 is 0.309 bits per heavy atom. The molecular formula is C75H146O17P2. The van der Waals surface area contributed by atoms with Gasteiger partial charge in [-0.25, -0.2) is 9.13 Å². The Labute approximate surface area is 575 Å². The first-order valence-electron chi connectivity index (χ1n) is 38.9. The molecule has 0 amide bonds. The third-order valence-electron chi connectivity index (χ3n) is 17.7. The van der Waals surface area contributed by atoms with Crippen LogP contribution >= 0.6 is 15.6 Å². The molecule has 558 valence electrons. The second-order valence-corrected chi connectivity index (χ2v) is 31.1. The number of carbonyl (C=O) groups excluding carboxylic acids is 4. The highest BCUT2D eigenvalue weighted by Gasteiger charge is 2.30. The summed E-state index contributed by atoms with van der Waals surface area (Å²) in [5.74, 6) is 0.179. The Morgan fingerprint density at radius 3 is 0.809 bits per heavy atom. The van der Waals surface area contributed by atoms with Crippen LogP contribution in [0.3, 0.4) is 0 Å². The molecule has 0 saturated carbocycles. The minimum atomic E-state index is -4.96. The number of hydrogen-bond acceptors (Lipinski definition) is 15. The maximum atomic E-state index is 13.1. The van der Waals surface area contributed by atoms with Crippen molar-refractivity contribution in [3.8, 4) is 0 Å². The molecule has 0 aliphatic carbocycles. The van der Waals surface area contributed by atoms with Gasteiger partial charge in [0.25, 0.3) is 0 Å². The van der Waals surface area contributed by atoms with E-state index < -0.39 is 97.5 Å². The molecule has 6 atom stereocenters. The van der Waals surface area contributed by atoms with Crippen LogP contribution in [0.1, 0.15) is 382 Å². The van der Waals surface area contributed by atoms with Crippen LogP contribution in [0.5, 0.6) is 0 Å². The number of rotatable bonds is 73. The molecule has 0 heterocycles. The van der Waals surface area contributed by atoms with Crippen molar-refractivity contribution >= 4 is 39.5 Å². The molecule has 0 aromatic carbocycles. The minimum absolute atomic E-state index is 0.106. The first-order chi connectivity index (χ1) is 45.3. The van der Waals surface area contributed by atoms with E-state index in [1.165, 1.54) is 186 Å². The van der Waals surface area contributed by atoms with Gasteiger partial charge in [0.2, 0.25) is 0 Å². The highest BCUT2D eigenvalue weighted by Crippen LogP contribution is 2.45. The molecule has 0 bridgehead atoms. The number of hydrogen-bond donors (Lipinski definition) is 3. The molecule has 0 rings (SSSR count). The van der Waals surface area contributed by atoms with Crippen LogP contribution in [0, 0.1) is 17.8 Å². The van der Waals surface area contributed by atoms with Gasteiger partial charge in [0, 0.05) is 25.7 Å². The van der Waals surface area contributed by atoms with E-state index in [2.05, 4.69) is 48.5 Å². The lowest BCUT2D eigenvalue weighted by Crippen LogP contribution is -2.30. The highest BCUT2D eigenvalue weighted by molar-refractivity contribution is 7.47. The van der Waals surface area contributed by atoms with Crippen LogP contribution in [0.15, 0.2) is 0 Å². The average molecular weight is 1380 g/mol. The minimum Gasteiger partial charge on any atom is -0.462 e. The third kappa shape index (κ3) is 67.3. The molecule has 19 heteroatoms. The maximum Gasteiger partial charge on any atom is 0.472 e. The van der Waals surface area contributed by atoms with E-state index in [0.29, 0.717) is 25.7 Å². The summed E-state index contributed by atoms with van der Waals surface area (Å²) in [7, 11) is -9.91. The number of phosphoric ester groups is 2. The van der Waals surface area contributed by atoms with E-state index >= 15 is 0 Å². The van der Waals surface area contributed by atoms with Gasteiger partial charge in [-0.3, -0.25) is 37.3 Å². The van der Waals surface area contributed by atoms with Crippen LogP contribution in [-0.2, 0) is 65.4 Å². The van der Waals surface area contributed by atoms with E-state index in [1.54, 1.807) is 0 Å². The Bertz CT molecular complexity index is 1840. The fraction of sp³-hybridized carbons (Fsp3) is 0.947. The number of ether oxygens (including phenoxy) is 4. The van der Waals surface area contributed by atoms with Crippen molar-refractivity contribution in [1.29, 1.82) is 0 Å². The van der Waals surface area contributed by atoms with Crippen molar-refractivity contribution < 1.29 is 80.2 Å². The molecular weight excluding hydrogens is 1230 g/mol. The lowest BCUT2D eigenvalue weighted by molar-refractivity contribution is -0.161. The summed E-state index contributed by atoms with van der Waals surface area (Å²) in [5, 5.41) is 10.6. The van der Waals surface area contributed by atoms with E-state index in [-0.39, 0.29) is 25.7 Å². The van der Waals surface area contributed by atoms with E-state index in [1.807, 2.05) is 0 Å². The van der Waals surface area contributed by atoms with Crippen molar-refractivity contribution in [2.75, 3.05) is 39.6 Å². The lowest BCUT2D eigenvalue weighted by atomic mass is 10.00. The molecule has 0 fully saturated rings. The van der Waals surface area contributed by atoms with Gasteiger partial charge in [-0.05, 0) is 43.4 Å². The summed E-state index contributed by atoms with van der Waals surface area (Å²) < 4.78 is 68.5. The number of carbonyl (C=O) groups is 4. The van der Waals surface area contributed by atoms with E-state index in [0.717, 1.165) is 114 Å². The molecule has 3 N–H and O–H groups in total. The first kappa shape index (κ1) is 92.1. The molecule has 0 radical (unpaired) electrons. The van der Waals surface area contributed by atoms with E-state index in [9.17, 15) is 43.2 Å². The van der Waals surface area contributed by atoms with Gasteiger partial charge in [0.05, 0.1) is 26.4 Å². The Morgan fingerprint density at radius 2 is 0.543 bits per heavy atom. The Balaban J connectivity index is 5.23. The molecule has 94 heavy (non-hydrogen) atoms. The van der Waals surface area contributed by atoms with Gasteiger partial charge in [-0.15, -0.1) is 0 Å². The molecule has 0 saturated heterocycles. The summed E-state index contributed by atoms with van der Waals surface area (Å²) in [5.41, 5.74) is 0. The van der Waals surface area contributed by atoms with Crippen molar-refractivity contribution in [1.82, 2.24) is 0 Å². The van der Waals surface area contributed by atoms with Gasteiger partial charge >= 0.3 is 39.5 Å². The fourth-order valence-electron chi connectivity index (χ4n) is 11.4. The SMILES string of the molecule is CCCCCCCCCCCCCCC(=O)O[C@H](COC(=O)CCCCCCCCC(C)CC)COP(=O)(O)OC[C@H](O)COP(=O)(O)OC[C@@H](COC(=O)CCCCCCCCCCCCC(C)C)OC(=O)CCCCCCCCCCCCCCCCCCC(C)C. The molecule has 0 aromatic rings. The van der Waals surface area contributed by atoms with Gasteiger partial charge in [-0.2, -0.15) is 0 Å². The predicted octanol–water partition coefficient (Wildman–Crippen LogP) is 21.8. The molecule has 0 aromatic heterocycles. The summed E-state index contributed by atoms with van der Waals surface area (Å²) in [6, 6.07) is 0. The van der Waals surface area contributed by atoms with Crippen molar-refractivity contribution in [3.05, 3.63) is 0 Å². The number of phosphoric acid groups is 2. The normalized spacial score (nSPS) is 14.4. The van der Waals surface area contributed by atoms with Crippen LogP contribution in [0.4, 0.5) is 0 Å². The van der Waals surface area contributed by atoms with Crippen LogP contribution in [0.25, 0.3) is 0 Å². The largest absolute Gasteiger partial charge is 0.472 e. The second-order valence-electron chi connectivity index (χ2n) is 28.2. The fourth-order valence-corrected chi connectivity index (χ4v) is 13.0. The summed E-state index contributed by atoms with van der Waals surface area (Å²) in [6.45, 7) is 11.9. The number of aliphatic hydroxyl groups is 1. The average Bonchev–Trinajstić information content (AvgIpc) is 1.25. The van der Waals surface area contributed by atoms with Crippen LogP contribution in [-0.4, -0.2) is 96.7 Å². The standard InChI is InChI=1S/C75H146O17P2/c1-8-10-11-12-13-14-15-23-30-35-44-51-58-74(79)92-71(63-86-73(78)57-50-43-38-37-41-48-55-68(7)9-2)65-90-94(83,84)88-61-69(76)60-87-93(81,82)89-64-70(62-85-72(77)56-49-42-34-29-26-25-28-33-40-47-54-67(5)6)91-75(80)59-52-45-36-31-24-21-19-17-16-18-20-22-27-32-39-46-53-66(3)4/h66-71,76H,8-65H2,1-7H3,(H,81,82)(H,83,84)/t68?,69-,70-,71-/m1/s1. The topological polar surface area (TPSA) is 237 Å². The second kappa shape index (κ2) is 65.7. The number of aliphatic hydroxyl groups excluding tert-OH is 1. The molecule has 0 aliphatic rings. The smallest absolute Gasteiger partial charge is 0.462 e. The van der Waals surface area contributed by atoms with Gasteiger partial charge in [-0.1, -0.05) is 331 Å². The van der Waals surface area contributed by atoms with Gasteiger partial charge < -0.3 is 33.8 Å². The van der Waals surface area contributed by atoms with Gasteiger partial charge in [0.1, 0.15) is 19.3 Å². The van der Waals surface area contributed by atoms with Crippen molar-refractivity contribution in [3.63, 3.8) is 0 Å². The summed E-state index contributed by atoms with van der Waals surface area (Å²) in [4.78, 5) is 72.7. The number of unbranched alkanes of at least 4 members (excludes halogenated alkanes) is 40.